The van der Waals surface area contributed by atoms with E-state index < -0.39 is 0 Å². The van der Waals surface area contributed by atoms with Gasteiger partial charge in [0.25, 0.3) is 0 Å². The summed E-state index contributed by atoms with van der Waals surface area (Å²) < 4.78 is 14.9. The third-order valence-corrected chi connectivity index (χ3v) is 3.71. The summed E-state index contributed by atoms with van der Waals surface area (Å²) in [5.74, 6) is -0.0635. The van der Waals surface area contributed by atoms with Gasteiger partial charge in [0.05, 0.1) is 0 Å². The quantitative estimate of drug-likeness (QED) is 0.840. The summed E-state index contributed by atoms with van der Waals surface area (Å²) >= 11 is 0. The van der Waals surface area contributed by atoms with Crippen LogP contribution in [0.25, 0.3) is 10.9 Å². The van der Waals surface area contributed by atoms with Gasteiger partial charge in [-0.2, -0.15) is 0 Å². The number of Topliss-reactive ketones (excluding diaryl/α,β-unsaturated/α-hetero) is 1. The molecule has 0 bridgehead atoms. The highest BCUT2D eigenvalue weighted by atomic mass is 19.1. The van der Waals surface area contributed by atoms with Crippen molar-refractivity contribution in [3.63, 3.8) is 0 Å². The second kappa shape index (κ2) is 5.07. The van der Waals surface area contributed by atoms with Gasteiger partial charge in [0.2, 0.25) is 5.91 Å². The van der Waals surface area contributed by atoms with E-state index in [0.29, 0.717) is 25.9 Å². The van der Waals surface area contributed by atoms with Gasteiger partial charge < -0.3 is 9.47 Å². The number of amides is 1. The van der Waals surface area contributed by atoms with Crippen molar-refractivity contribution in [3.05, 3.63) is 36.3 Å². The van der Waals surface area contributed by atoms with Crippen molar-refractivity contribution < 1.29 is 14.0 Å². The van der Waals surface area contributed by atoms with E-state index in [-0.39, 0.29) is 24.1 Å². The first-order chi connectivity index (χ1) is 9.63. The first kappa shape index (κ1) is 12.8. The largest absolute Gasteiger partial charge is 0.340 e. The molecule has 0 unspecified atom stereocenters. The van der Waals surface area contributed by atoms with Crippen LogP contribution in [-0.4, -0.2) is 34.2 Å². The van der Waals surface area contributed by atoms with E-state index in [1.165, 1.54) is 12.1 Å². The molecule has 0 saturated carbocycles. The van der Waals surface area contributed by atoms with Crippen molar-refractivity contribution in [2.75, 3.05) is 13.1 Å². The molecule has 1 aromatic heterocycles. The lowest BCUT2D eigenvalue weighted by atomic mass is 10.1. The second-order valence-electron chi connectivity index (χ2n) is 5.07. The summed E-state index contributed by atoms with van der Waals surface area (Å²) in [6.45, 7) is 1.24. The maximum Gasteiger partial charge on any atom is 0.242 e. The van der Waals surface area contributed by atoms with E-state index in [0.717, 1.165) is 10.9 Å². The molecule has 1 fully saturated rings. The van der Waals surface area contributed by atoms with Crippen LogP contribution in [-0.2, 0) is 16.1 Å². The number of benzene rings is 1. The predicted molar refractivity (Wildman–Crippen MR) is 72.7 cm³/mol. The number of piperidine rings is 1. The maximum absolute atomic E-state index is 13.1. The third kappa shape index (κ3) is 2.43. The van der Waals surface area contributed by atoms with Gasteiger partial charge >= 0.3 is 0 Å². The van der Waals surface area contributed by atoms with Gasteiger partial charge in [-0.3, -0.25) is 9.59 Å². The highest BCUT2D eigenvalue weighted by Gasteiger charge is 2.21. The molecule has 1 aliphatic heterocycles. The molecular weight excluding hydrogens is 259 g/mol. The molecule has 0 aliphatic carbocycles. The number of aromatic nitrogens is 1. The molecule has 2 heterocycles. The smallest absolute Gasteiger partial charge is 0.242 e. The number of hydrogen-bond donors (Lipinski definition) is 0. The standard InChI is InChI=1S/C15H15FN2O2/c16-12-1-2-14-11(9-12)3-6-18(14)10-15(20)17-7-4-13(19)5-8-17/h1-3,6,9H,4-5,7-8,10H2. The molecule has 1 amide bonds. The van der Waals surface area contributed by atoms with Crippen LogP contribution in [0.4, 0.5) is 4.39 Å². The van der Waals surface area contributed by atoms with Crippen LogP contribution in [0.3, 0.4) is 0 Å². The lowest BCUT2D eigenvalue weighted by Crippen LogP contribution is -2.40. The topological polar surface area (TPSA) is 42.3 Å². The zero-order valence-electron chi connectivity index (χ0n) is 11.0. The molecule has 0 spiro atoms. The lowest BCUT2D eigenvalue weighted by molar-refractivity contribution is -0.135. The fraction of sp³-hybridized carbons (Fsp3) is 0.333. The Hall–Kier alpha value is -2.17. The van der Waals surface area contributed by atoms with E-state index in [2.05, 4.69) is 0 Å². The average molecular weight is 274 g/mol. The molecule has 20 heavy (non-hydrogen) atoms. The van der Waals surface area contributed by atoms with Crippen LogP contribution in [0.2, 0.25) is 0 Å². The van der Waals surface area contributed by atoms with Crippen molar-refractivity contribution in [1.82, 2.24) is 9.47 Å². The number of carbonyl (C=O) groups excluding carboxylic acids is 2. The Balaban J connectivity index is 1.76. The number of fused-ring (bicyclic) bond motifs is 1. The van der Waals surface area contributed by atoms with Gasteiger partial charge in [0.15, 0.2) is 0 Å². The Labute approximate surface area is 115 Å². The fourth-order valence-electron chi connectivity index (χ4n) is 2.56. The van der Waals surface area contributed by atoms with Gasteiger partial charge in [-0.05, 0) is 24.3 Å². The van der Waals surface area contributed by atoms with E-state index in [4.69, 9.17) is 0 Å². The van der Waals surface area contributed by atoms with E-state index in [9.17, 15) is 14.0 Å². The molecule has 104 valence electrons. The van der Waals surface area contributed by atoms with Crippen molar-refractivity contribution in [3.8, 4) is 0 Å². The highest BCUT2D eigenvalue weighted by Crippen LogP contribution is 2.17. The van der Waals surface area contributed by atoms with Crippen molar-refractivity contribution >= 4 is 22.6 Å². The number of halogens is 1. The summed E-state index contributed by atoms with van der Waals surface area (Å²) in [6.07, 6.45) is 2.68. The Morgan fingerprint density at radius 2 is 1.95 bits per heavy atom. The van der Waals surface area contributed by atoms with Gasteiger partial charge in [-0.25, -0.2) is 4.39 Å². The first-order valence-corrected chi connectivity index (χ1v) is 6.67. The van der Waals surface area contributed by atoms with Crippen molar-refractivity contribution in [1.29, 1.82) is 0 Å². The first-order valence-electron chi connectivity index (χ1n) is 6.67. The molecule has 1 saturated heterocycles. The number of likely N-dealkylation sites (tertiary alicyclic amines) is 1. The SMILES string of the molecule is O=C1CCN(C(=O)Cn2ccc3cc(F)ccc32)CC1. The molecule has 0 radical (unpaired) electrons. The average Bonchev–Trinajstić information content (AvgIpc) is 2.81. The Morgan fingerprint density at radius 1 is 1.20 bits per heavy atom. The van der Waals surface area contributed by atoms with Crippen LogP contribution >= 0.6 is 0 Å². The lowest BCUT2D eigenvalue weighted by Gasteiger charge is -2.26. The molecule has 1 aromatic carbocycles. The monoisotopic (exact) mass is 274 g/mol. The van der Waals surface area contributed by atoms with E-state index >= 15 is 0 Å². The van der Waals surface area contributed by atoms with Crippen LogP contribution in [0.15, 0.2) is 30.5 Å². The second-order valence-corrected chi connectivity index (χ2v) is 5.07. The minimum absolute atomic E-state index is 0.000625. The molecule has 3 rings (SSSR count). The number of ketones is 1. The molecule has 0 atom stereocenters. The van der Waals surface area contributed by atoms with Crippen LogP contribution < -0.4 is 0 Å². The number of nitrogens with zero attached hydrogens (tertiary/aromatic N) is 2. The molecule has 1 aliphatic rings. The summed E-state index contributed by atoms with van der Waals surface area (Å²) in [6, 6.07) is 6.32. The summed E-state index contributed by atoms with van der Waals surface area (Å²) in [4.78, 5) is 25.1. The van der Waals surface area contributed by atoms with Crippen LogP contribution in [0.1, 0.15) is 12.8 Å². The van der Waals surface area contributed by atoms with Gasteiger partial charge in [0, 0.05) is 43.0 Å². The minimum Gasteiger partial charge on any atom is -0.340 e. The molecule has 2 aromatic rings. The molecule has 4 nitrogen and oxygen atoms in total. The number of rotatable bonds is 2. The maximum atomic E-state index is 13.1. The zero-order chi connectivity index (χ0) is 14.1. The highest BCUT2D eigenvalue weighted by molar-refractivity contribution is 5.85. The van der Waals surface area contributed by atoms with Gasteiger partial charge in [-0.15, -0.1) is 0 Å². The summed E-state index contributed by atoms with van der Waals surface area (Å²) in [7, 11) is 0. The van der Waals surface area contributed by atoms with Crippen molar-refractivity contribution in [2.45, 2.75) is 19.4 Å². The fourth-order valence-corrected chi connectivity index (χ4v) is 2.56. The minimum atomic E-state index is -0.281. The van der Waals surface area contributed by atoms with Gasteiger partial charge in [0.1, 0.15) is 18.1 Å². The van der Waals surface area contributed by atoms with Crippen LogP contribution in [0.5, 0.6) is 0 Å². The Kier molecular flexibility index (Phi) is 3.26. The Morgan fingerprint density at radius 3 is 2.70 bits per heavy atom. The normalized spacial score (nSPS) is 15.8. The van der Waals surface area contributed by atoms with Crippen LogP contribution in [0, 0.1) is 5.82 Å². The predicted octanol–water partition coefficient (Wildman–Crippen LogP) is 1.97. The molecule has 0 N–H and O–H groups in total. The molecular formula is C15H15FN2O2. The zero-order valence-corrected chi connectivity index (χ0v) is 11.0. The van der Waals surface area contributed by atoms with Gasteiger partial charge in [-0.1, -0.05) is 0 Å². The summed E-state index contributed by atoms with van der Waals surface area (Å²) in [5.41, 5.74) is 0.841. The number of carbonyl (C=O) groups is 2. The van der Waals surface area contributed by atoms with Crippen molar-refractivity contribution in [2.24, 2.45) is 0 Å². The number of hydrogen-bond acceptors (Lipinski definition) is 2. The van der Waals surface area contributed by atoms with E-state index in [1.807, 2.05) is 4.57 Å². The third-order valence-electron chi connectivity index (χ3n) is 3.71. The van der Waals surface area contributed by atoms with E-state index in [1.54, 1.807) is 23.2 Å². The molecule has 5 heteroatoms. The summed E-state index contributed by atoms with van der Waals surface area (Å²) in [5, 5.41) is 0.784. The Bertz CT molecular complexity index is 668.